The molecule has 1 N–H and O–H groups in total. The van der Waals surface area contributed by atoms with Gasteiger partial charge >= 0.3 is 0 Å². The Morgan fingerprint density at radius 1 is 1.12 bits per heavy atom. The van der Waals surface area contributed by atoms with E-state index in [1.807, 2.05) is 48.7 Å². The van der Waals surface area contributed by atoms with Crippen LogP contribution in [0.15, 0.2) is 47.5 Å². The van der Waals surface area contributed by atoms with Gasteiger partial charge in [0.2, 0.25) is 0 Å². The quantitative estimate of drug-likeness (QED) is 0.807. The molecule has 1 aliphatic rings. The van der Waals surface area contributed by atoms with Gasteiger partial charge in [0.15, 0.2) is 0 Å². The van der Waals surface area contributed by atoms with Gasteiger partial charge in [0.05, 0.1) is 18.7 Å². The second-order valence-corrected chi connectivity index (χ2v) is 6.98. The van der Waals surface area contributed by atoms with E-state index in [2.05, 4.69) is 0 Å². The standard InChI is InChI=1S/C19H20N2O3S/c1-13-5-7-14(8-6-13)12-21-18(23)16(15-4-3-11-25-15)17(19(21)24)20(2)9-10-22/h3-8,11,22H,9-10,12H2,1-2H3. The maximum atomic E-state index is 13.0. The van der Waals surface area contributed by atoms with Gasteiger partial charge in [0.1, 0.15) is 5.70 Å². The second kappa shape index (κ2) is 7.21. The van der Waals surface area contributed by atoms with Gasteiger partial charge in [-0.2, -0.15) is 0 Å². The number of hydrogen-bond acceptors (Lipinski definition) is 5. The lowest BCUT2D eigenvalue weighted by molar-refractivity contribution is -0.138. The molecule has 1 aromatic heterocycles. The largest absolute Gasteiger partial charge is 0.395 e. The van der Waals surface area contributed by atoms with Crippen molar-refractivity contribution in [2.24, 2.45) is 0 Å². The molecule has 1 aromatic carbocycles. The summed E-state index contributed by atoms with van der Waals surface area (Å²) in [4.78, 5) is 29.6. The summed E-state index contributed by atoms with van der Waals surface area (Å²) < 4.78 is 0. The molecule has 0 saturated carbocycles. The molecule has 1 aliphatic heterocycles. The highest BCUT2D eigenvalue weighted by atomic mass is 32.1. The minimum atomic E-state index is -0.315. The van der Waals surface area contributed by atoms with Crippen LogP contribution in [0, 0.1) is 6.92 Å². The minimum Gasteiger partial charge on any atom is -0.395 e. The number of hydrogen-bond donors (Lipinski definition) is 1. The van der Waals surface area contributed by atoms with E-state index in [4.69, 9.17) is 0 Å². The zero-order chi connectivity index (χ0) is 18.0. The van der Waals surface area contributed by atoms with Crippen LogP contribution in [0.4, 0.5) is 0 Å². The zero-order valence-corrected chi connectivity index (χ0v) is 15.0. The number of aliphatic hydroxyl groups is 1. The number of rotatable bonds is 6. The van der Waals surface area contributed by atoms with Crippen LogP contribution in [0.1, 0.15) is 16.0 Å². The highest BCUT2D eigenvalue weighted by Gasteiger charge is 2.40. The smallest absolute Gasteiger partial charge is 0.278 e. The monoisotopic (exact) mass is 356 g/mol. The Kier molecular flexibility index (Phi) is 5.01. The molecule has 0 radical (unpaired) electrons. The molecule has 0 aliphatic carbocycles. The lowest BCUT2D eigenvalue weighted by atomic mass is 10.1. The van der Waals surface area contributed by atoms with Crippen LogP contribution >= 0.6 is 11.3 Å². The predicted octanol–water partition coefficient (Wildman–Crippen LogP) is 2.26. The van der Waals surface area contributed by atoms with Gasteiger partial charge in [-0.3, -0.25) is 14.5 Å². The van der Waals surface area contributed by atoms with Crippen LogP contribution in [-0.2, 0) is 16.1 Å². The van der Waals surface area contributed by atoms with Crippen molar-refractivity contribution in [2.45, 2.75) is 13.5 Å². The number of carbonyl (C=O) groups is 2. The second-order valence-electron chi connectivity index (χ2n) is 6.03. The first-order valence-electron chi connectivity index (χ1n) is 8.05. The van der Waals surface area contributed by atoms with E-state index in [1.54, 1.807) is 11.9 Å². The highest BCUT2D eigenvalue weighted by Crippen LogP contribution is 2.34. The number of carbonyl (C=O) groups excluding carboxylic acids is 2. The SMILES string of the molecule is Cc1ccc(CN2C(=O)C(c3cccs3)=C(N(C)CCO)C2=O)cc1. The Bertz CT molecular complexity index is 810. The number of likely N-dealkylation sites (N-methyl/N-ethyl adjacent to an activating group) is 1. The van der Waals surface area contributed by atoms with Gasteiger partial charge in [0, 0.05) is 18.5 Å². The third-order valence-corrected chi connectivity index (χ3v) is 5.08. The molecule has 0 atom stereocenters. The Balaban J connectivity index is 1.96. The summed E-state index contributed by atoms with van der Waals surface area (Å²) >= 11 is 1.43. The average molecular weight is 356 g/mol. The fourth-order valence-corrected chi connectivity index (χ4v) is 3.60. The zero-order valence-electron chi connectivity index (χ0n) is 14.2. The van der Waals surface area contributed by atoms with Gasteiger partial charge in [-0.05, 0) is 23.9 Å². The Labute approximate surface area is 150 Å². The van der Waals surface area contributed by atoms with E-state index < -0.39 is 0 Å². The molecule has 0 spiro atoms. The van der Waals surface area contributed by atoms with Crippen LogP contribution in [0.3, 0.4) is 0 Å². The molecule has 3 rings (SSSR count). The molecule has 0 unspecified atom stereocenters. The van der Waals surface area contributed by atoms with Crippen molar-refractivity contribution in [3.05, 3.63) is 63.5 Å². The van der Waals surface area contributed by atoms with Gasteiger partial charge < -0.3 is 10.0 Å². The van der Waals surface area contributed by atoms with Crippen molar-refractivity contribution >= 4 is 28.7 Å². The minimum absolute atomic E-state index is 0.0862. The Hall–Kier alpha value is -2.44. The summed E-state index contributed by atoms with van der Waals surface area (Å²) in [6, 6.07) is 11.5. The molecule has 130 valence electrons. The maximum absolute atomic E-state index is 13.0. The van der Waals surface area contributed by atoms with E-state index in [9.17, 15) is 14.7 Å². The van der Waals surface area contributed by atoms with Gasteiger partial charge in [-0.25, -0.2) is 0 Å². The van der Waals surface area contributed by atoms with Crippen LogP contribution in [0.2, 0.25) is 0 Å². The van der Waals surface area contributed by atoms with Gasteiger partial charge in [-0.1, -0.05) is 35.9 Å². The fraction of sp³-hybridized carbons (Fsp3) is 0.263. The molecule has 0 saturated heterocycles. The first-order chi connectivity index (χ1) is 12.0. The molecular formula is C19H20N2O3S. The van der Waals surface area contributed by atoms with Crippen molar-refractivity contribution in [2.75, 3.05) is 20.2 Å². The average Bonchev–Trinajstić information content (AvgIpc) is 3.19. The first kappa shape index (κ1) is 17.4. The third-order valence-electron chi connectivity index (χ3n) is 4.19. The molecule has 2 aromatic rings. The third kappa shape index (κ3) is 3.36. The van der Waals surface area contributed by atoms with E-state index in [0.717, 1.165) is 16.0 Å². The van der Waals surface area contributed by atoms with Crippen LogP contribution in [0.25, 0.3) is 5.57 Å². The number of benzene rings is 1. The summed E-state index contributed by atoms with van der Waals surface area (Å²) in [6.07, 6.45) is 0. The Morgan fingerprint density at radius 2 is 1.84 bits per heavy atom. The number of imide groups is 1. The summed E-state index contributed by atoms with van der Waals surface area (Å²) in [5.41, 5.74) is 2.81. The maximum Gasteiger partial charge on any atom is 0.278 e. The predicted molar refractivity (Wildman–Crippen MR) is 97.7 cm³/mol. The highest BCUT2D eigenvalue weighted by molar-refractivity contribution is 7.11. The van der Waals surface area contributed by atoms with E-state index in [-0.39, 0.29) is 25.0 Å². The first-order valence-corrected chi connectivity index (χ1v) is 8.92. The lowest BCUT2D eigenvalue weighted by Gasteiger charge is -2.20. The van der Waals surface area contributed by atoms with E-state index in [1.165, 1.54) is 16.2 Å². The van der Waals surface area contributed by atoms with Crippen LogP contribution in [0.5, 0.6) is 0 Å². The number of aliphatic hydroxyl groups excluding tert-OH is 1. The summed E-state index contributed by atoms with van der Waals surface area (Å²) in [6.45, 7) is 2.44. The van der Waals surface area contributed by atoms with Gasteiger partial charge in [0.25, 0.3) is 11.8 Å². The van der Waals surface area contributed by atoms with E-state index in [0.29, 0.717) is 17.8 Å². The van der Waals surface area contributed by atoms with Crippen molar-refractivity contribution in [3.63, 3.8) is 0 Å². The molecule has 0 fully saturated rings. The lowest BCUT2D eigenvalue weighted by Crippen LogP contribution is -2.34. The number of aryl methyl sites for hydroxylation is 1. The topological polar surface area (TPSA) is 60.9 Å². The molecule has 25 heavy (non-hydrogen) atoms. The summed E-state index contributed by atoms with van der Waals surface area (Å²) in [7, 11) is 1.72. The molecule has 2 heterocycles. The van der Waals surface area contributed by atoms with Gasteiger partial charge in [-0.15, -0.1) is 11.3 Å². The van der Waals surface area contributed by atoms with Crippen molar-refractivity contribution in [1.29, 1.82) is 0 Å². The normalized spacial score (nSPS) is 14.6. The Morgan fingerprint density at radius 3 is 2.44 bits per heavy atom. The van der Waals surface area contributed by atoms with Crippen molar-refractivity contribution in [1.82, 2.24) is 9.80 Å². The number of thiophene rings is 1. The molecule has 0 bridgehead atoms. The van der Waals surface area contributed by atoms with Crippen molar-refractivity contribution in [3.8, 4) is 0 Å². The molecular weight excluding hydrogens is 336 g/mol. The molecule has 2 amide bonds. The fourth-order valence-electron chi connectivity index (χ4n) is 2.84. The van der Waals surface area contributed by atoms with Crippen LogP contribution in [-0.4, -0.2) is 46.9 Å². The van der Waals surface area contributed by atoms with Crippen molar-refractivity contribution < 1.29 is 14.7 Å². The summed E-state index contributed by atoms with van der Waals surface area (Å²) in [5, 5.41) is 11.1. The van der Waals surface area contributed by atoms with E-state index >= 15 is 0 Å². The summed E-state index contributed by atoms with van der Waals surface area (Å²) in [5.74, 6) is -0.599. The number of nitrogens with zero attached hydrogens (tertiary/aromatic N) is 2. The molecule has 6 heteroatoms. The number of amides is 2. The molecule has 5 nitrogen and oxygen atoms in total. The van der Waals surface area contributed by atoms with Crippen LogP contribution < -0.4 is 0 Å².